The Bertz CT molecular complexity index is 657. The van der Waals surface area contributed by atoms with Gasteiger partial charge in [-0.2, -0.15) is 13.2 Å². The quantitative estimate of drug-likeness (QED) is 0.908. The number of amides is 1. The van der Waals surface area contributed by atoms with Crippen molar-refractivity contribution in [3.8, 4) is 0 Å². The largest absolute Gasteiger partial charge is 0.451 e. The molecule has 2 N–H and O–H groups in total. The van der Waals surface area contributed by atoms with Crippen LogP contribution in [0.3, 0.4) is 0 Å². The second-order valence-electron chi connectivity index (χ2n) is 4.22. The third-order valence-corrected chi connectivity index (χ3v) is 2.65. The molecule has 0 fully saturated rings. The number of carbonyl (C=O) groups is 1. The maximum absolute atomic E-state index is 12.8. The molecular formula is C13H13F3N4O. The van der Waals surface area contributed by atoms with Gasteiger partial charge in [-0.3, -0.25) is 4.79 Å². The van der Waals surface area contributed by atoms with Gasteiger partial charge in [0.15, 0.2) is 0 Å². The van der Waals surface area contributed by atoms with Crippen LogP contribution in [-0.2, 0) is 11.0 Å². The summed E-state index contributed by atoms with van der Waals surface area (Å²) in [5.74, 6) is -1.58. The van der Waals surface area contributed by atoms with E-state index in [4.69, 9.17) is 0 Å². The summed E-state index contributed by atoms with van der Waals surface area (Å²) in [6.45, 7) is 2.03. The lowest BCUT2D eigenvalue weighted by molar-refractivity contribution is -0.144. The number of halogens is 3. The van der Waals surface area contributed by atoms with Crippen LogP contribution in [0.1, 0.15) is 12.7 Å². The van der Waals surface area contributed by atoms with Gasteiger partial charge in [0.25, 0.3) is 0 Å². The fourth-order valence-electron chi connectivity index (χ4n) is 1.76. The molecule has 1 amide bonds. The fraction of sp³-hybridized carbons (Fsp3) is 0.308. The van der Waals surface area contributed by atoms with Crippen LogP contribution in [0.25, 0.3) is 10.9 Å². The van der Waals surface area contributed by atoms with E-state index in [-0.39, 0.29) is 23.8 Å². The number of nitrogens with zero attached hydrogens (tertiary/aromatic N) is 2. The Morgan fingerprint density at radius 3 is 2.62 bits per heavy atom. The van der Waals surface area contributed by atoms with E-state index in [0.29, 0.717) is 11.9 Å². The summed E-state index contributed by atoms with van der Waals surface area (Å²) in [5.41, 5.74) is 0.165. The van der Waals surface area contributed by atoms with Crippen molar-refractivity contribution in [1.29, 1.82) is 0 Å². The van der Waals surface area contributed by atoms with E-state index < -0.39 is 12.0 Å². The van der Waals surface area contributed by atoms with Crippen molar-refractivity contribution < 1.29 is 18.0 Å². The van der Waals surface area contributed by atoms with Crippen LogP contribution < -0.4 is 10.6 Å². The number of para-hydroxylation sites is 1. The van der Waals surface area contributed by atoms with E-state index in [1.54, 1.807) is 25.1 Å². The molecule has 0 spiro atoms. The number of nitrogens with one attached hydrogen (secondary N) is 2. The molecule has 0 saturated carbocycles. The van der Waals surface area contributed by atoms with Gasteiger partial charge in [0.2, 0.25) is 11.7 Å². The first-order chi connectivity index (χ1) is 9.91. The third-order valence-electron chi connectivity index (χ3n) is 2.65. The summed E-state index contributed by atoms with van der Waals surface area (Å²) in [6, 6.07) is 6.30. The average Bonchev–Trinajstić information content (AvgIpc) is 2.44. The van der Waals surface area contributed by atoms with E-state index in [2.05, 4.69) is 20.6 Å². The Hall–Kier alpha value is -2.38. The van der Waals surface area contributed by atoms with Crippen molar-refractivity contribution >= 4 is 22.6 Å². The molecule has 8 heteroatoms. The first kappa shape index (κ1) is 15.0. The summed E-state index contributed by atoms with van der Waals surface area (Å²) in [6.07, 6.45) is -4.65. The van der Waals surface area contributed by atoms with Crippen LogP contribution in [0.5, 0.6) is 0 Å². The van der Waals surface area contributed by atoms with Crippen molar-refractivity contribution in [2.24, 2.45) is 0 Å². The van der Waals surface area contributed by atoms with E-state index in [0.717, 1.165) is 0 Å². The zero-order valence-electron chi connectivity index (χ0n) is 11.2. The molecule has 0 aliphatic carbocycles. The SMILES string of the molecule is CCNC(=O)CNc1nc(C(F)(F)F)nc2ccccc12. The van der Waals surface area contributed by atoms with Crippen molar-refractivity contribution in [3.63, 3.8) is 0 Å². The summed E-state index contributed by atoms with van der Waals surface area (Å²) < 4.78 is 38.4. The molecule has 0 saturated heterocycles. The van der Waals surface area contributed by atoms with Gasteiger partial charge in [-0.25, -0.2) is 9.97 Å². The number of alkyl halides is 3. The molecule has 1 heterocycles. The number of aromatic nitrogens is 2. The van der Waals surface area contributed by atoms with Crippen molar-refractivity contribution in [1.82, 2.24) is 15.3 Å². The molecular weight excluding hydrogens is 285 g/mol. The minimum absolute atomic E-state index is 0.0146. The van der Waals surface area contributed by atoms with Crippen molar-refractivity contribution in [2.75, 3.05) is 18.4 Å². The molecule has 112 valence electrons. The van der Waals surface area contributed by atoms with Gasteiger partial charge in [-0.1, -0.05) is 12.1 Å². The Kier molecular flexibility index (Phi) is 4.25. The van der Waals surface area contributed by atoms with Crippen LogP contribution in [0.2, 0.25) is 0 Å². The summed E-state index contributed by atoms with van der Waals surface area (Å²) >= 11 is 0. The van der Waals surface area contributed by atoms with E-state index >= 15 is 0 Å². The minimum Gasteiger partial charge on any atom is -0.360 e. The Labute approximate surface area is 118 Å². The highest BCUT2D eigenvalue weighted by Crippen LogP contribution is 2.30. The predicted octanol–water partition coefficient (Wildman–Crippen LogP) is 2.20. The molecule has 0 aliphatic rings. The van der Waals surface area contributed by atoms with Gasteiger partial charge >= 0.3 is 6.18 Å². The summed E-state index contributed by atoms with van der Waals surface area (Å²) in [5, 5.41) is 5.59. The fourth-order valence-corrected chi connectivity index (χ4v) is 1.76. The molecule has 0 radical (unpaired) electrons. The second kappa shape index (κ2) is 5.94. The number of carbonyl (C=O) groups excluding carboxylic acids is 1. The van der Waals surface area contributed by atoms with Gasteiger partial charge in [0.05, 0.1) is 12.1 Å². The van der Waals surface area contributed by atoms with Gasteiger partial charge < -0.3 is 10.6 Å². The summed E-state index contributed by atoms with van der Waals surface area (Å²) in [4.78, 5) is 18.4. The number of hydrogen-bond acceptors (Lipinski definition) is 4. The second-order valence-corrected chi connectivity index (χ2v) is 4.22. The third kappa shape index (κ3) is 3.59. The molecule has 0 atom stereocenters. The topological polar surface area (TPSA) is 66.9 Å². The molecule has 5 nitrogen and oxygen atoms in total. The molecule has 1 aromatic heterocycles. The van der Waals surface area contributed by atoms with E-state index in [1.807, 2.05) is 0 Å². The van der Waals surface area contributed by atoms with Gasteiger partial charge in [-0.05, 0) is 19.1 Å². The lowest BCUT2D eigenvalue weighted by Crippen LogP contribution is -2.30. The highest BCUT2D eigenvalue weighted by molar-refractivity contribution is 5.91. The molecule has 1 aromatic carbocycles. The Morgan fingerprint density at radius 1 is 1.24 bits per heavy atom. The maximum atomic E-state index is 12.8. The van der Waals surface area contributed by atoms with Gasteiger partial charge in [0, 0.05) is 11.9 Å². The molecule has 2 rings (SSSR count). The number of fused-ring (bicyclic) bond motifs is 1. The first-order valence-electron chi connectivity index (χ1n) is 6.26. The number of hydrogen-bond donors (Lipinski definition) is 2. The van der Waals surface area contributed by atoms with Crippen LogP contribution in [0.15, 0.2) is 24.3 Å². The summed E-state index contributed by atoms with van der Waals surface area (Å²) in [7, 11) is 0. The first-order valence-corrected chi connectivity index (χ1v) is 6.26. The van der Waals surface area contributed by atoms with Crippen molar-refractivity contribution in [3.05, 3.63) is 30.1 Å². The number of rotatable bonds is 4. The Balaban J connectivity index is 2.38. The van der Waals surface area contributed by atoms with Crippen LogP contribution in [0, 0.1) is 0 Å². The van der Waals surface area contributed by atoms with E-state index in [1.165, 1.54) is 6.07 Å². The molecule has 0 aliphatic heterocycles. The maximum Gasteiger partial charge on any atom is 0.451 e. The van der Waals surface area contributed by atoms with Crippen LogP contribution in [-0.4, -0.2) is 29.0 Å². The standard InChI is InChI=1S/C13H13F3N4O/c1-2-17-10(21)7-18-11-8-5-3-4-6-9(8)19-12(20-11)13(14,15)16/h3-6H,2,7H2,1H3,(H,17,21)(H,18,19,20). The normalized spacial score (nSPS) is 11.4. The highest BCUT2D eigenvalue weighted by atomic mass is 19.4. The van der Waals surface area contributed by atoms with Gasteiger partial charge in [-0.15, -0.1) is 0 Å². The van der Waals surface area contributed by atoms with Crippen molar-refractivity contribution in [2.45, 2.75) is 13.1 Å². The average molecular weight is 298 g/mol. The number of likely N-dealkylation sites (N-methyl/N-ethyl adjacent to an activating group) is 1. The number of anilines is 1. The predicted molar refractivity (Wildman–Crippen MR) is 71.7 cm³/mol. The molecule has 0 bridgehead atoms. The number of benzene rings is 1. The monoisotopic (exact) mass is 298 g/mol. The van der Waals surface area contributed by atoms with Crippen LogP contribution in [0.4, 0.5) is 19.0 Å². The zero-order chi connectivity index (χ0) is 15.5. The minimum atomic E-state index is -4.65. The highest BCUT2D eigenvalue weighted by Gasteiger charge is 2.35. The smallest absolute Gasteiger partial charge is 0.360 e. The van der Waals surface area contributed by atoms with Gasteiger partial charge in [0.1, 0.15) is 5.82 Å². The molecule has 2 aromatic rings. The zero-order valence-corrected chi connectivity index (χ0v) is 11.2. The molecule has 21 heavy (non-hydrogen) atoms. The lowest BCUT2D eigenvalue weighted by Gasteiger charge is -2.12. The lowest BCUT2D eigenvalue weighted by atomic mass is 10.2. The molecule has 0 unspecified atom stereocenters. The van der Waals surface area contributed by atoms with Crippen LogP contribution >= 0.6 is 0 Å². The Morgan fingerprint density at radius 2 is 1.95 bits per heavy atom. The van der Waals surface area contributed by atoms with E-state index in [9.17, 15) is 18.0 Å².